The molecule has 0 saturated heterocycles. The lowest BCUT2D eigenvalue weighted by Crippen LogP contribution is -2.21. The predicted molar refractivity (Wildman–Crippen MR) is 96.6 cm³/mol. The van der Waals surface area contributed by atoms with E-state index in [2.05, 4.69) is 4.98 Å². The molecular weight excluding hydrogens is 359 g/mol. The van der Waals surface area contributed by atoms with Crippen molar-refractivity contribution < 1.29 is 18.7 Å². The van der Waals surface area contributed by atoms with Crippen LogP contribution >= 0.6 is 11.3 Å². The van der Waals surface area contributed by atoms with Gasteiger partial charge in [0, 0.05) is 0 Å². The number of aromatic nitrogens is 2. The van der Waals surface area contributed by atoms with Gasteiger partial charge in [-0.2, -0.15) is 0 Å². The van der Waals surface area contributed by atoms with Gasteiger partial charge in [-0.3, -0.25) is 9.36 Å². The van der Waals surface area contributed by atoms with E-state index in [-0.39, 0.29) is 24.5 Å². The summed E-state index contributed by atoms with van der Waals surface area (Å²) < 4.78 is 25.2. The molecule has 3 rings (SSSR count). The third-order valence-electron chi connectivity index (χ3n) is 3.95. The molecular formula is C18H17FN2O4S. The Morgan fingerprint density at radius 1 is 1.38 bits per heavy atom. The van der Waals surface area contributed by atoms with Crippen LogP contribution in [0, 0.1) is 12.7 Å². The Balaban J connectivity index is 2.02. The van der Waals surface area contributed by atoms with E-state index in [9.17, 15) is 14.0 Å². The number of carbonyl (C=O) groups excluding carboxylic acids is 1. The fourth-order valence-corrected chi connectivity index (χ4v) is 3.70. The minimum absolute atomic E-state index is 0.141. The van der Waals surface area contributed by atoms with E-state index < -0.39 is 11.8 Å². The van der Waals surface area contributed by atoms with E-state index in [1.807, 2.05) is 0 Å². The number of aryl methyl sites for hydroxylation is 1. The van der Waals surface area contributed by atoms with Crippen LogP contribution in [0.1, 0.15) is 27.7 Å². The molecule has 0 atom stereocenters. The van der Waals surface area contributed by atoms with Gasteiger partial charge in [0.05, 0.1) is 32.0 Å². The predicted octanol–water partition coefficient (Wildman–Crippen LogP) is 3.14. The number of nitrogens with zero attached hydrogens (tertiary/aromatic N) is 2. The number of methoxy groups -OCH3 is 1. The van der Waals surface area contributed by atoms with Gasteiger partial charge in [-0.05, 0) is 37.1 Å². The molecule has 0 unspecified atom stereocenters. The van der Waals surface area contributed by atoms with Crippen LogP contribution in [-0.4, -0.2) is 29.2 Å². The SMILES string of the molecule is CCOC(=O)c1sc2ncn(Cc3ccc(OC)c(F)c3)c(=O)c2c1C. The van der Waals surface area contributed by atoms with Crippen LogP contribution in [0.3, 0.4) is 0 Å². The molecule has 1 aromatic carbocycles. The topological polar surface area (TPSA) is 70.4 Å². The molecule has 0 saturated carbocycles. The first-order chi connectivity index (χ1) is 12.5. The Morgan fingerprint density at radius 2 is 2.15 bits per heavy atom. The number of thiophene rings is 1. The van der Waals surface area contributed by atoms with Crippen LogP contribution in [0.5, 0.6) is 5.75 Å². The Labute approximate surface area is 152 Å². The van der Waals surface area contributed by atoms with Gasteiger partial charge in [0.15, 0.2) is 11.6 Å². The van der Waals surface area contributed by atoms with Gasteiger partial charge < -0.3 is 9.47 Å². The maximum atomic E-state index is 13.9. The number of hydrogen-bond donors (Lipinski definition) is 0. The maximum Gasteiger partial charge on any atom is 0.348 e. The minimum Gasteiger partial charge on any atom is -0.494 e. The highest BCUT2D eigenvalue weighted by Crippen LogP contribution is 2.27. The number of hydrogen-bond acceptors (Lipinski definition) is 6. The maximum absolute atomic E-state index is 13.9. The standard InChI is InChI=1S/C18H17FN2O4S/c1-4-25-18(23)15-10(2)14-16(26-15)20-9-21(17(14)22)8-11-5-6-13(24-3)12(19)7-11/h5-7,9H,4,8H2,1-3H3. The molecule has 0 aliphatic rings. The number of fused-ring (bicyclic) bond motifs is 1. The molecule has 2 aromatic heterocycles. The van der Waals surface area contributed by atoms with Crippen LogP contribution in [0.2, 0.25) is 0 Å². The zero-order chi connectivity index (χ0) is 18.8. The van der Waals surface area contributed by atoms with Crippen molar-refractivity contribution >= 4 is 27.5 Å². The Bertz CT molecular complexity index is 1040. The summed E-state index contributed by atoms with van der Waals surface area (Å²) >= 11 is 1.13. The molecule has 0 bridgehead atoms. The van der Waals surface area contributed by atoms with Gasteiger partial charge in [0.25, 0.3) is 5.56 Å². The molecule has 0 N–H and O–H groups in total. The van der Waals surface area contributed by atoms with Gasteiger partial charge in [0.1, 0.15) is 9.71 Å². The van der Waals surface area contributed by atoms with Crippen molar-refractivity contribution in [1.29, 1.82) is 0 Å². The number of esters is 1. The molecule has 0 fully saturated rings. The summed E-state index contributed by atoms with van der Waals surface area (Å²) in [6, 6.07) is 4.51. The quantitative estimate of drug-likeness (QED) is 0.640. The molecule has 0 spiro atoms. The minimum atomic E-state index is -0.497. The van der Waals surface area contributed by atoms with Crippen molar-refractivity contribution in [3.05, 3.63) is 56.7 Å². The van der Waals surface area contributed by atoms with E-state index in [1.165, 1.54) is 30.1 Å². The van der Waals surface area contributed by atoms with Crippen molar-refractivity contribution in [2.75, 3.05) is 13.7 Å². The molecule has 3 aromatic rings. The fourth-order valence-electron chi connectivity index (χ4n) is 2.67. The average molecular weight is 376 g/mol. The number of carbonyl (C=O) groups is 1. The summed E-state index contributed by atoms with van der Waals surface area (Å²) in [5.74, 6) is -0.818. The number of rotatable bonds is 5. The molecule has 0 aliphatic carbocycles. The largest absolute Gasteiger partial charge is 0.494 e. The first-order valence-corrected chi connectivity index (χ1v) is 8.76. The Morgan fingerprint density at radius 3 is 2.81 bits per heavy atom. The normalized spacial score (nSPS) is 10.9. The van der Waals surface area contributed by atoms with Crippen molar-refractivity contribution in [3.63, 3.8) is 0 Å². The van der Waals surface area contributed by atoms with Gasteiger partial charge >= 0.3 is 5.97 Å². The average Bonchev–Trinajstić information content (AvgIpc) is 2.95. The molecule has 0 amide bonds. The zero-order valence-corrected chi connectivity index (χ0v) is 15.4. The lowest BCUT2D eigenvalue weighted by molar-refractivity contribution is 0.0531. The lowest BCUT2D eigenvalue weighted by atomic mass is 10.2. The van der Waals surface area contributed by atoms with E-state index in [0.29, 0.717) is 26.2 Å². The lowest BCUT2D eigenvalue weighted by Gasteiger charge is -2.08. The van der Waals surface area contributed by atoms with Crippen LogP contribution in [0.25, 0.3) is 10.2 Å². The van der Waals surface area contributed by atoms with Gasteiger partial charge in [-0.1, -0.05) is 6.07 Å². The van der Waals surface area contributed by atoms with Crippen LogP contribution in [-0.2, 0) is 11.3 Å². The molecule has 0 radical (unpaired) electrons. The summed E-state index contributed by atoms with van der Waals surface area (Å²) in [5.41, 5.74) is 0.872. The summed E-state index contributed by atoms with van der Waals surface area (Å²) in [7, 11) is 1.39. The van der Waals surface area contributed by atoms with E-state index in [4.69, 9.17) is 9.47 Å². The first kappa shape index (κ1) is 18.1. The highest BCUT2D eigenvalue weighted by Gasteiger charge is 2.20. The Hall–Kier alpha value is -2.74. The van der Waals surface area contributed by atoms with Crippen molar-refractivity contribution in [1.82, 2.24) is 9.55 Å². The first-order valence-electron chi connectivity index (χ1n) is 7.94. The monoisotopic (exact) mass is 376 g/mol. The highest BCUT2D eigenvalue weighted by atomic mass is 32.1. The van der Waals surface area contributed by atoms with E-state index in [0.717, 1.165) is 11.3 Å². The van der Waals surface area contributed by atoms with E-state index >= 15 is 0 Å². The molecule has 8 heteroatoms. The summed E-state index contributed by atoms with van der Waals surface area (Å²) in [5, 5.41) is 0.384. The van der Waals surface area contributed by atoms with Gasteiger partial charge in [-0.25, -0.2) is 14.2 Å². The van der Waals surface area contributed by atoms with Gasteiger partial charge in [0.2, 0.25) is 0 Å². The van der Waals surface area contributed by atoms with Crippen molar-refractivity contribution in [2.45, 2.75) is 20.4 Å². The third-order valence-corrected chi connectivity index (χ3v) is 5.13. The van der Waals surface area contributed by atoms with Crippen LogP contribution in [0.15, 0.2) is 29.3 Å². The summed E-state index contributed by atoms with van der Waals surface area (Å²) in [6.07, 6.45) is 1.40. The fraction of sp³-hybridized carbons (Fsp3) is 0.278. The third kappa shape index (κ3) is 3.20. The molecule has 26 heavy (non-hydrogen) atoms. The van der Waals surface area contributed by atoms with E-state index in [1.54, 1.807) is 19.9 Å². The van der Waals surface area contributed by atoms with Crippen molar-refractivity contribution in [2.24, 2.45) is 0 Å². The zero-order valence-electron chi connectivity index (χ0n) is 14.5. The molecule has 2 heterocycles. The number of halogens is 1. The van der Waals surface area contributed by atoms with Gasteiger partial charge in [-0.15, -0.1) is 11.3 Å². The second-order valence-electron chi connectivity index (χ2n) is 5.60. The molecule has 0 aliphatic heterocycles. The van der Waals surface area contributed by atoms with Crippen molar-refractivity contribution in [3.8, 4) is 5.75 Å². The number of benzene rings is 1. The second-order valence-corrected chi connectivity index (χ2v) is 6.60. The molecule has 6 nitrogen and oxygen atoms in total. The van der Waals surface area contributed by atoms with Crippen LogP contribution in [0.4, 0.5) is 4.39 Å². The Kier molecular flexibility index (Phi) is 5.03. The molecule has 136 valence electrons. The second kappa shape index (κ2) is 7.25. The summed E-state index contributed by atoms with van der Waals surface area (Å²) in [4.78, 5) is 30.0. The smallest absolute Gasteiger partial charge is 0.348 e. The highest BCUT2D eigenvalue weighted by molar-refractivity contribution is 7.20. The number of ether oxygens (including phenoxy) is 2. The van der Waals surface area contributed by atoms with Crippen LogP contribution < -0.4 is 10.3 Å². The summed E-state index contributed by atoms with van der Waals surface area (Å²) in [6.45, 7) is 3.84.